The maximum absolute atomic E-state index is 11.3. The number of carbonyl (C=O) groups is 1. The topological polar surface area (TPSA) is 64.1 Å². The summed E-state index contributed by atoms with van der Waals surface area (Å²) >= 11 is 12.2. The van der Waals surface area contributed by atoms with Crippen molar-refractivity contribution in [1.82, 2.24) is 10.2 Å². The number of nitrogens with one attached hydrogen (secondary N) is 1. The van der Waals surface area contributed by atoms with Gasteiger partial charge in [-0.2, -0.15) is 0 Å². The van der Waals surface area contributed by atoms with Crippen LogP contribution < -0.4 is 10.1 Å². The van der Waals surface area contributed by atoms with E-state index in [1.54, 1.807) is 7.11 Å². The summed E-state index contributed by atoms with van der Waals surface area (Å²) in [7, 11) is 1.62. The van der Waals surface area contributed by atoms with Crippen LogP contribution in [0.1, 0.15) is 10.6 Å². The molecule has 0 aliphatic heterocycles. The van der Waals surface area contributed by atoms with Crippen LogP contribution in [0.2, 0.25) is 0 Å². The number of rotatable bonds is 5. The van der Waals surface area contributed by atoms with Crippen LogP contribution in [0, 0.1) is 0 Å². The molecular weight excluding hydrogens is 321 g/mol. The highest BCUT2D eigenvalue weighted by molar-refractivity contribution is 7.15. The van der Waals surface area contributed by atoms with Gasteiger partial charge in [0.1, 0.15) is 10.8 Å². The van der Waals surface area contributed by atoms with Crippen molar-refractivity contribution in [2.75, 3.05) is 12.4 Å². The van der Waals surface area contributed by atoms with Crippen molar-refractivity contribution < 1.29 is 9.53 Å². The van der Waals surface area contributed by atoms with Gasteiger partial charge >= 0.3 is 0 Å². The van der Waals surface area contributed by atoms with Crippen molar-refractivity contribution in [2.24, 2.45) is 0 Å². The third-order valence-corrected chi connectivity index (χ3v) is 3.66. The molecule has 1 aromatic heterocycles. The molecule has 1 N–H and O–H groups in total. The zero-order valence-electron chi connectivity index (χ0n) is 10.5. The lowest BCUT2D eigenvalue weighted by Crippen LogP contribution is -2.18. The lowest BCUT2D eigenvalue weighted by Gasteiger charge is -2.05. The summed E-state index contributed by atoms with van der Waals surface area (Å²) < 4.78 is 5.27. The normalized spacial score (nSPS) is 10.6. The number of carbonyl (C=O) groups excluding carboxylic acids is 1. The Morgan fingerprint density at radius 2 is 2.15 bits per heavy atom. The lowest BCUT2D eigenvalue weighted by molar-refractivity contribution is -0.114. The fourth-order valence-electron chi connectivity index (χ4n) is 1.55. The number of nitrogens with zero attached hydrogens (tertiary/aromatic N) is 2. The molecule has 0 saturated heterocycles. The second kappa shape index (κ2) is 6.88. The zero-order chi connectivity index (χ0) is 14.5. The Hall–Kier alpha value is -1.37. The SMILES string of the molecule is COc1ccccc1Cc1nnc(NC(=O)C(Cl)Cl)s1. The number of hydrogen-bond acceptors (Lipinski definition) is 5. The quantitative estimate of drug-likeness (QED) is 0.855. The van der Waals surface area contributed by atoms with Crippen LogP contribution in [0.15, 0.2) is 24.3 Å². The molecule has 106 valence electrons. The molecule has 1 amide bonds. The van der Waals surface area contributed by atoms with E-state index in [9.17, 15) is 4.79 Å². The first-order valence-electron chi connectivity index (χ1n) is 5.63. The maximum atomic E-state index is 11.3. The summed E-state index contributed by atoms with van der Waals surface area (Å²) in [5.74, 6) is 0.267. The van der Waals surface area contributed by atoms with E-state index in [0.717, 1.165) is 16.3 Å². The Bertz CT molecular complexity index is 604. The molecule has 0 unspecified atom stereocenters. The highest BCUT2D eigenvalue weighted by Crippen LogP contribution is 2.24. The summed E-state index contributed by atoms with van der Waals surface area (Å²) in [6.45, 7) is 0. The molecule has 20 heavy (non-hydrogen) atoms. The molecule has 2 aromatic rings. The molecule has 5 nitrogen and oxygen atoms in total. The van der Waals surface area contributed by atoms with Crippen molar-refractivity contribution in [3.8, 4) is 5.75 Å². The van der Waals surface area contributed by atoms with Gasteiger partial charge in [-0.15, -0.1) is 10.2 Å². The van der Waals surface area contributed by atoms with Crippen LogP contribution in [-0.2, 0) is 11.2 Å². The Labute approximate surface area is 129 Å². The molecule has 0 saturated carbocycles. The molecule has 2 rings (SSSR count). The Morgan fingerprint density at radius 1 is 1.40 bits per heavy atom. The van der Waals surface area contributed by atoms with Crippen molar-refractivity contribution in [1.29, 1.82) is 0 Å². The van der Waals surface area contributed by atoms with Crippen LogP contribution in [0.5, 0.6) is 5.75 Å². The molecule has 0 radical (unpaired) electrons. The average molecular weight is 332 g/mol. The smallest absolute Gasteiger partial charge is 0.259 e. The summed E-state index contributed by atoms with van der Waals surface area (Å²) in [5.41, 5.74) is 0.997. The van der Waals surface area contributed by atoms with Gasteiger partial charge in [0.05, 0.1) is 7.11 Å². The highest BCUT2D eigenvalue weighted by atomic mass is 35.5. The third kappa shape index (κ3) is 3.82. The van der Waals surface area contributed by atoms with Crippen LogP contribution in [0.3, 0.4) is 0 Å². The number of para-hydroxylation sites is 1. The Kier molecular flexibility index (Phi) is 5.17. The van der Waals surface area contributed by atoms with Gasteiger partial charge in [-0.25, -0.2) is 0 Å². The van der Waals surface area contributed by atoms with Gasteiger partial charge in [-0.3, -0.25) is 10.1 Å². The number of alkyl halides is 2. The minimum absolute atomic E-state index is 0.367. The van der Waals surface area contributed by atoms with E-state index in [1.165, 1.54) is 11.3 Å². The minimum Gasteiger partial charge on any atom is -0.496 e. The molecule has 0 bridgehead atoms. The van der Waals surface area contributed by atoms with Crippen molar-refractivity contribution in [3.05, 3.63) is 34.8 Å². The van der Waals surface area contributed by atoms with E-state index >= 15 is 0 Å². The number of aromatic nitrogens is 2. The fraction of sp³-hybridized carbons (Fsp3) is 0.250. The second-order valence-electron chi connectivity index (χ2n) is 3.78. The number of ether oxygens (including phenoxy) is 1. The summed E-state index contributed by atoms with van der Waals surface area (Å²) in [4.78, 5) is 10.2. The molecule has 0 aliphatic rings. The Morgan fingerprint density at radius 3 is 2.85 bits per heavy atom. The van der Waals surface area contributed by atoms with Gasteiger partial charge in [0, 0.05) is 12.0 Å². The van der Waals surface area contributed by atoms with E-state index in [0.29, 0.717) is 11.6 Å². The molecule has 0 aliphatic carbocycles. The van der Waals surface area contributed by atoms with Crippen molar-refractivity contribution in [2.45, 2.75) is 11.3 Å². The third-order valence-electron chi connectivity index (χ3n) is 2.43. The van der Waals surface area contributed by atoms with Gasteiger partial charge in [0.15, 0.2) is 4.84 Å². The molecular formula is C12H11Cl2N3O2S. The van der Waals surface area contributed by atoms with Crippen LogP contribution in [-0.4, -0.2) is 28.1 Å². The molecule has 8 heteroatoms. The molecule has 1 heterocycles. The first-order chi connectivity index (χ1) is 9.60. The van der Waals surface area contributed by atoms with Gasteiger partial charge in [-0.05, 0) is 6.07 Å². The van der Waals surface area contributed by atoms with E-state index < -0.39 is 10.7 Å². The number of benzene rings is 1. The minimum atomic E-state index is -1.13. The van der Waals surface area contributed by atoms with Gasteiger partial charge in [-0.1, -0.05) is 52.7 Å². The van der Waals surface area contributed by atoms with Crippen molar-refractivity contribution in [3.63, 3.8) is 0 Å². The van der Waals surface area contributed by atoms with Crippen LogP contribution in [0.25, 0.3) is 0 Å². The summed E-state index contributed by atoms with van der Waals surface area (Å²) in [5, 5.41) is 11.5. The predicted molar refractivity (Wildman–Crippen MR) is 79.8 cm³/mol. The molecule has 0 fully saturated rings. The fourth-order valence-corrected chi connectivity index (χ4v) is 2.42. The largest absolute Gasteiger partial charge is 0.496 e. The molecule has 1 aromatic carbocycles. The molecule has 0 atom stereocenters. The highest BCUT2D eigenvalue weighted by Gasteiger charge is 2.15. The van der Waals surface area contributed by atoms with Crippen LogP contribution >= 0.6 is 34.5 Å². The molecule has 0 spiro atoms. The Balaban J connectivity index is 2.08. The zero-order valence-corrected chi connectivity index (χ0v) is 12.8. The lowest BCUT2D eigenvalue weighted by atomic mass is 10.1. The van der Waals surface area contributed by atoms with E-state index in [4.69, 9.17) is 27.9 Å². The van der Waals surface area contributed by atoms with Gasteiger partial charge < -0.3 is 4.74 Å². The number of hydrogen-bond donors (Lipinski definition) is 1. The number of halogens is 2. The standard InChI is InChI=1S/C12H11Cl2N3O2S/c1-19-8-5-3-2-4-7(8)6-9-16-17-12(20-9)15-11(18)10(13)14/h2-5,10H,6H2,1H3,(H,15,17,18). The van der Waals surface area contributed by atoms with E-state index in [2.05, 4.69) is 15.5 Å². The van der Waals surface area contributed by atoms with Crippen LogP contribution in [0.4, 0.5) is 5.13 Å². The second-order valence-corrected chi connectivity index (χ2v) is 5.94. The van der Waals surface area contributed by atoms with E-state index in [-0.39, 0.29) is 0 Å². The average Bonchev–Trinajstić information content (AvgIpc) is 2.86. The van der Waals surface area contributed by atoms with Gasteiger partial charge in [0.25, 0.3) is 5.91 Å². The van der Waals surface area contributed by atoms with Gasteiger partial charge in [0.2, 0.25) is 5.13 Å². The monoisotopic (exact) mass is 331 g/mol. The summed E-state index contributed by atoms with van der Waals surface area (Å²) in [6, 6.07) is 7.65. The van der Waals surface area contributed by atoms with Crippen molar-refractivity contribution >= 4 is 45.6 Å². The van der Waals surface area contributed by atoms with E-state index in [1.807, 2.05) is 24.3 Å². The predicted octanol–water partition coefficient (Wildman–Crippen LogP) is 2.88. The maximum Gasteiger partial charge on any atom is 0.259 e. The first-order valence-corrected chi connectivity index (χ1v) is 7.32. The number of methoxy groups -OCH3 is 1. The number of amides is 1. The summed E-state index contributed by atoms with van der Waals surface area (Å²) in [6.07, 6.45) is 0.572. The number of anilines is 1. The first kappa shape index (κ1) is 15.0.